The number of carbonyl (C=O) groups is 1. The van der Waals surface area contributed by atoms with Crippen LogP contribution in [0.25, 0.3) is 23.2 Å². The first-order valence-corrected chi connectivity index (χ1v) is 9.19. The van der Waals surface area contributed by atoms with Gasteiger partial charge in [-0.2, -0.15) is 9.67 Å². The molecule has 0 unspecified atom stereocenters. The van der Waals surface area contributed by atoms with Gasteiger partial charge in [0.15, 0.2) is 18.1 Å². The molecule has 0 radical (unpaired) electrons. The largest absolute Gasteiger partial charge is 0.451 e. The molecule has 9 heteroatoms. The summed E-state index contributed by atoms with van der Waals surface area (Å²) >= 11 is 0. The quantitative estimate of drug-likeness (QED) is 0.358. The number of esters is 1. The molecule has 4 rings (SSSR count). The summed E-state index contributed by atoms with van der Waals surface area (Å²) in [6.07, 6.45) is 1.65. The highest BCUT2D eigenvalue weighted by Crippen LogP contribution is 2.20. The fourth-order valence-electron chi connectivity index (χ4n) is 2.82. The van der Waals surface area contributed by atoms with Crippen molar-refractivity contribution in [3.8, 4) is 11.4 Å². The lowest BCUT2D eigenvalue weighted by molar-refractivity contribution is -0.139. The van der Waals surface area contributed by atoms with Crippen LogP contribution in [0.5, 0.6) is 0 Å². The normalized spacial score (nSPS) is 11.5. The predicted octanol–water partition coefficient (Wildman–Crippen LogP) is 3.08. The van der Waals surface area contributed by atoms with E-state index in [9.17, 15) is 4.79 Å². The first-order chi connectivity index (χ1) is 14.6. The Morgan fingerprint density at radius 2 is 1.87 bits per heavy atom. The van der Waals surface area contributed by atoms with Gasteiger partial charge in [0.05, 0.1) is 0 Å². The molecule has 0 N–H and O–H groups in total. The molecule has 0 saturated carbocycles. The molecule has 0 amide bonds. The van der Waals surface area contributed by atoms with E-state index >= 15 is 0 Å². The maximum absolute atomic E-state index is 12.8. The number of benzene rings is 2. The van der Waals surface area contributed by atoms with Crippen LogP contribution in [0.15, 0.2) is 59.1 Å². The molecule has 0 fully saturated rings. The van der Waals surface area contributed by atoms with Crippen molar-refractivity contribution >= 4 is 17.7 Å². The second-order valence-electron chi connectivity index (χ2n) is 6.48. The minimum absolute atomic E-state index is 0.169. The third-order valence-corrected chi connectivity index (χ3v) is 4.35. The second kappa shape index (κ2) is 8.48. The van der Waals surface area contributed by atoms with Gasteiger partial charge in [0.2, 0.25) is 5.82 Å². The molecular weight excluding hydrogens is 384 g/mol. The summed E-state index contributed by atoms with van der Waals surface area (Å²) in [5.74, 6) is 0.461. The lowest BCUT2D eigenvalue weighted by atomic mass is 10.1. The molecular formula is C21H18N6O3. The van der Waals surface area contributed by atoms with E-state index < -0.39 is 5.97 Å². The fourth-order valence-corrected chi connectivity index (χ4v) is 2.82. The molecule has 2 aromatic heterocycles. The number of aromatic nitrogens is 6. The number of rotatable bonds is 6. The summed E-state index contributed by atoms with van der Waals surface area (Å²) in [6, 6.07) is 17.0. The van der Waals surface area contributed by atoms with Gasteiger partial charge in [-0.05, 0) is 41.5 Å². The Morgan fingerprint density at radius 1 is 1.10 bits per heavy atom. The molecule has 2 heterocycles. The predicted molar refractivity (Wildman–Crippen MR) is 107 cm³/mol. The monoisotopic (exact) mass is 402 g/mol. The van der Waals surface area contributed by atoms with E-state index in [0.717, 1.165) is 16.7 Å². The molecule has 0 aliphatic rings. The van der Waals surface area contributed by atoms with E-state index in [1.165, 1.54) is 4.68 Å². The molecule has 30 heavy (non-hydrogen) atoms. The maximum atomic E-state index is 12.8. The SMILES string of the molecule is Cc1ccccc1-c1noc(COC(=O)/C(=C/c2ccccc2)n2nnnc2C)n1. The fraction of sp³-hybridized carbons (Fsp3) is 0.143. The van der Waals surface area contributed by atoms with Gasteiger partial charge in [0.1, 0.15) is 0 Å². The first kappa shape index (κ1) is 19.2. The number of ether oxygens (including phenoxy) is 1. The number of carbonyl (C=O) groups excluding carboxylic acids is 1. The molecule has 4 aromatic rings. The number of tetrazole rings is 1. The number of hydrogen-bond acceptors (Lipinski definition) is 8. The van der Waals surface area contributed by atoms with Gasteiger partial charge in [0, 0.05) is 5.56 Å². The zero-order valence-corrected chi connectivity index (χ0v) is 16.4. The topological polar surface area (TPSA) is 109 Å². The Bertz CT molecular complexity index is 1200. The molecule has 9 nitrogen and oxygen atoms in total. The van der Waals surface area contributed by atoms with Crippen LogP contribution in [0.3, 0.4) is 0 Å². The van der Waals surface area contributed by atoms with Crippen LogP contribution in [0, 0.1) is 13.8 Å². The van der Waals surface area contributed by atoms with Crippen molar-refractivity contribution in [1.29, 1.82) is 0 Å². The highest BCUT2D eigenvalue weighted by molar-refractivity contribution is 6.15. The van der Waals surface area contributed by atoms with E-state index in [1.54, 1.807) is 13.0 Å². The van der Waals surface area contributed by atoms with E-state index in [4.69, 9.17) is 9.26 Å². The van der Waals surface area contributed by atoms with Gasteiger partial charge in [-0.1, -0.05) is 59.8 Å². The first-order valence-electron chi connectivity index (χ1n) is 9.19. The Hall–Kier alpha value is -4.14. The standard InChI is InChI=1S/C21H18N6O3/c1-14-8-6-7-11-17(14)20-22-19(30-24-20)13-29-21(28)18(27-15(2)23-25-26-27)12-16-9-4-3-5-10-16/h3-12H,13H2,1-2H3/b18-12-. The lowest BCUT2D eigenvalue weighted by Crippen LogP contribution is -2.15. The Balaban J connectivity index is 1.53. The second-order valence-corrected chi connectivity index (χ2v) is 6.48. The summed E-state index contributed by atoms with van der Waals surface area (Å²) in [6.45, 7) is 3.48. The molecule has 0 aliphatic carbocycles. The van der Waals surface area contributed by atoms with Crippen molar-refractivity contribution in [2.75, 3.05) is 0 Å². The van der Waals surface area contributed by atoms with E-state index in [0.29, 0.717) is 11.6 Å². The van der Waals surface area contributed by atoms with Gasteiger partial charge < -0.3 is 9.26 Å². The summed E-state index contributed by atoms with van der Waals surface area (Å²) in [5.41, 5.74) is 2.85. The molecule has 150 valence electrons. The average Bonchev–Trinajstić information content (AvgIpc) is 3.40. The van der Waals surface area contributed by atoms with Crippen molar-refractivity contribution in [2.24, 2.45) is 0 Å². The van der Waals surface area contributed by atoms with Gasteiger partial charge in [0.25, 0.3) is 5.89 Å². The van der Waals surface area contributed by atoms with Crippen LogP contribution >= 0.6 is 0 Å². The van der Waals surface area contributed by atoms with E-state index in [2.05, 4.69) is 25.7 Å². The summed E-state index contributed by atoms with van der Waals surface area (Å²) in [5, 5.41) is 15.3. The summed E-state index contributed by atoms with van der Waals surface area (Å²) in [4.78, 5) is 17.1. The van der Waals surface area contributed by atoms with Gasteiger partial charge in [-0.3, -0.25) is 0 Å². The van der Waals surface area contributed by atoms with Crippen molar-refractivity contribution in [2.45, 2.75) is 20.5 Å². The molecule has 0 bridgehead atoms. The van der Waals surface area contributed by atoms with Crippen molar-refractivity contribution in [1.82, 2.24) is 30.3 Å². The third-order valence-electron chi connectivity index (χ3n) is 4.35. The van der Waals surface area contributed by atoms with Crippen LogP contribution in [0.4, 0.5) is 0 Å². The molecule has 0 aliphatic heterocycles. The zero-order chi connectivity index (χ0) is 20.9. The zero-order valence-electron chi connectivity index (χ0n) is 16.4. The smallest absolute Gasteiger partial charge is 0.357 e. The Labute approximate surface area is 172 Å². The maximum Gasteiger partial charge on any atom is 0.357 e. The molecule has 0 saturated heterocycles. The average molecular weight is 402 g/mol. The minimum atomic E-state index is -0.620. The number of hydrogen-bond donors (Lipinski definition) is 0. The molecule has 2 aromatic carbocycles. The summed E-state index contributed by atoms with van der Waals surface area (Å²) < 4.78 is 12.0. The Kier molecular flexibility index (Phi) is 5.42. The van der Waals surface area contributed by atoms with Crippen LogP contribution in [0.2, 0.25) is 0 Å². The van der Waals surface area contributed by atoms with Crippen LogP contribution < -0.4 is 0 Å². The minimum Gasteiger partial charge on any atom is -0.451 e. The van der Waals surface area contributed by atoms with Gasteiger partial charge >= 0.3 is 5.97 Å². The Morgan fingerprint density at radius 3 is 2.60 bits per heavy atom. The van der Waals surface area contributed by atoms with Crippen molar-refractivity contribution in [3.63, 3.8) is 0 Å². The van der Waals surface area contributed by atoms with Gasteiger partial charge in [-0.25, -0.2) is 4.79 Å². The van der Waals surface area contributed by atoms with Crippen LogP contribution in [-0.4, -0.2) is 36.3 Å². The van der Waals surface area contributed by atoms with E-state index in [-0.39, 0.29) is 18.2 Å². The van der Waals surface area contributed by atoms with Crippen LogP contribution in [0.1, 0.15) is 22.8 Å². The molecule has 0 spiro atoms. The molecule has 0 atom stereocenters. The number of nitrogens with zero attached hydrogens (tertiary/aromatic N) is 6. The highest BCUT2D eigenvalue weighted by Gasteiger charge is 2.19. The van der Waals surface area contributed by atoms with Crippen molar-refractivity contribution < 1.29 is 14.1 Å². The third kappa shape index (κ3) is 4.14. The van der Waals surface area contributed by atoms with Gasteiger partial charge in [-0.15, -0.1) is 5.10 Å². The lowest BCUT2D eigenvalue weighted by Gasteiger charge is -2.07. The van der Waals surface area contributed by atoms with Crippen molar-refractivity contribution in [3.05, 3.63) is 77.4 Å². The summed E-state index contributed by atoms with van der Waals surface area (Å²) in [7, 11) is 0. The van der Waals surface area contributed by atoms with E-state index in [1.807, 2.05) is 61.5 Å². The van der Waals surface area contributed by atoms with Crippen LogP contribution in [-0.2, 0) is 16.1 Å². The highest BCUT2D eigenvalue weighted by atomic mass is 16.6. The number of aryl methyl sites for hydroxylation is 2.